The van der Waals surface area contributed by atoms with Crippen molar-refractivity contribution in [2.45, 2.75) is 0 Å². The molecular weight excluding hydrogens is 352 g/mol. The van der Waals surface area contributed by atoms with E-state index in [2.05, 4.69) is 31.0 Å². The van der Waals surface area contributed by atoms with Crippen LogP contribution in [0.25, 0.3) is 27.4 Å². The topological polar surface area (TPSA) is 56.2 Å². The van der Waals surface area contributed by atoms with Crippen molar-refractivity contribution in [2.24, 2.45) is 0 Å². The second kappa shape index (κ2) is 4.03. The van der Waals surface area contributed by atoms with Crippen molar-refractivity contribution in [3.05, 3.63) is 33.6 Å². The van der Waals surface area contributed by atoms with E-state index in [0.717, 1.165) is 20.0 Å². The molecule has 94 valence electrons. The predicted molar refractivity (Wildman–Crippen MR) is 76.6 cm³/mol. The van der Waals surface area contributed by atoms with Gasteiger partial charge in [0.1, 0.15) is 16.4 Å². The predicted octanol–water partition coefficient (Wildman–Crippen LogP) is 4.01. The van der Waals surface area contributed by atoms with Gasteiger partial charge in [0.15, 0.2) is 9.68 Å². The fourth-order valence-electron chi connectivity index (χ4n) is 1.89. The fourth-order valence-corrected chi connectivity index (χ4v) is 3.29. The van der Waals surface area contributed by atoms with Gasteiger partial charge in [-0.2, -0.15) is 4.52 Å². The van der Waals surface area contributed by atoms with Crippen LogP contribution in [-0.2, 0) is 0 Å². The van der Waals surface area contributed by atoms with Gasteiger partial charge in [-0.15, -0.1) is 5.10 Å². The second-order valence-electron chi connectivity index (χ2n) is 3.82. The van der Waals surface area contributed by atoms with Crippen molar-refractivity contribution in [3.8, 4) is 11.5 Å². The standard InChI is InChI=1S/C11H4BrClN4OS/c12-10-16-17-6(4-15-11(17)19-10)8-3-5-7(18-8)1-2-14-9(5)13/h1-4H. The first-order valence-electron chi connectivity index (χ1n) is 5.27. The Morgan fingerprint density at radius 3 is 3.11 bits per heavy atom. The van der Waals surface area contributed by atoms with Crippen LogP contribution in [0.15, 0.2) is 32.9 Å². The summed E-state index contributed by atoms with van der Waals surface area (Å²) < 4.78 is 8.28. The maximum atomic E-state index is 6.04. The summed E-state index contributed by atoms with van der Waals surface area (Å²) >= 11 is 10.8. The SMILES string of the molecule is Clc1nccc2oc(-c3cnc4sc(Br)nn34)cc12. The molecule has 0 N–H and O–H groups in total. The van der Waals surface area contributed by atoms with Crippen LogP contribution in [0.4, 0.5) is 0 Å². The van der Waals surface area contributed by atoms with Gasteiger partial charge in [0.25, 0.3) is 0 Å². The number of halogens is 2. The maximum absolute atomic E-state index is 6.04. The highest BCUT2D eigenvalue weighted by Gasteiger charge is 2.15. The molecule has 0 fully saturated rings. The quantitative estimate of drug-likeness (QED) is 0.484. The first-order chi connectivity index (χ1) is 9.22. The van der Waals surface area contributed by atoms with Gasteiger partial charge in [-0.25, -0.2) is 9.97 Å². The first-order valence-corrected chi connectivity index (χ1v) is 7.25. The highest BCUT2D eigenvalue weighted by molar-refractivity contribution is 9.11. The van der Waals surface area contributed by atoms with Gasteiger partial charge >= 0.3 is 0 Å². The Bertz CT molecular complexity index is 912. The molecular formula is C11H4BrClN4OS. The zero-order valence-corrected chi connectivity index (χ0v) is 12.3. The molecule has 0 saturated carbocycles. The minimum atomic E-state index is 0.424. The van der Waals surface area contributed by atoms with Crippen LogP contribution in [0.2, 0.25) is 5.15 Å². The number of fused-ring (bicyclic) bond motifs is 2. The molecule has 0 aromatic carbocycles. The van der Waals surface area contributed by atoms with Gasteiger partial charge < -0.3 is 4.42 Å². The van der Waals surface area contributed by atoms with E-state index in [1.165, 1.54) is 11.3 Å². The van der Waals surface area contributed by atoms with Gasteiger partial charge in [0, 0.05) is 6.20 Å². The molecule has 0 radical (unpaired) electrons. The summed E-state index contributed by atoms with van der Waals surface area (Å²) in [5, 5.41) is 5.53. The molecule has 0 atom stereocenters. The monoisotopic (exact) mass is 354 g/mol. The van der Waals surface area contributed by atoms with Crippen LogP contribution in [0, 0.1) is 0 Å². The summed E-state index contributed by atoms with van der Waals surface area (Å²) in [6, 6.07) is 3.63. The molecule has 5 nitrogen and oxygen atoms in total. The summed E-state index contributed by atoms with van der Waals surface area (Å²) in [7, 11) is 0. The minimum absolute atomic E-state index is 0.424. The van der Waals surface area contributed by atoms with E-state index in [4.69, 9.17) is 16.0 Å². The molecule has 0 spiro atoms. The third kappa shape index (κ3) is 1.69. The molecule has 0 amide bonds. The number of nitrogens with zero attached hydrogens (tertiary/aromatic N) is 4. The molecule has 8 heteroatoms. The van der Waals surface area contributed by atoms with E-state index in [1.807, 2.05) is 6.07 Å². The first kappa shape index (κ1) is 11.4. The lowest BCUT2D eigenvalue weighted by molar-refractivity contribution is 0.625. The Labute approximate surface area is 124 Å². The van der Waals surface area contributed by atoms with E-state index in [0.29, 0.717) is 16.5 Å². The van der Waals surface area contributed by atoms with Crippen molar-refractivity contribution in [2.75, 3.05) is 0 Å². The van der Waals surface area contributed by atoms with Crippen LogP contribution in [0.3, 0.4) is 0 Å². The lowest BCUT2D eigenvalue weighted by Crippen LogP contribution is -1.85. The normalized spacial score (nSPS) is 11.7. The smallest absolute Gasteiger partial charge is 0.213 e. The molecule has 4 rings (SSSR count). The Kier molecular flexibility index (Phi) is 2.41. The van der Waals surface area contributed by atoms with Gasteiger partial charge in [0.05, 0.1) is 11.6 Å². The molecule has 4 aromatic rings. The number of hydrogen-bond acceptors (Lipinski definition) is 5. The Hall–Kier alpha value is -1.44. The molecule has 0 aliphatic heterocycles. The zero-order valence-electron chi connectivity index (χ0n) is 9.17. The van der Waals surface area contributed by atoms with Crippen molar-refractivity contribution < 1.29 is 4.42 Å². The van der Waals surface area contributed by atoms with Gasteiger partial charge in [0.2, 0.25) is 4.96 Å². The summed E-state index contributed by atoms with van der Waals surface area (Å²) in [5.74, 6) is 0.662. The van der Waals surface area contributed by atoms with E-state index in [-0.39, 0.29) is 0 Å². The average Bonchev–Trinajstić information content (AvgIpc) is 3.02. The third-order valence-corrected chi connectivity index (χ3v) is 4.37. The van der Waals surface area contributed by atoms with Crippen LogP contribution in [0.5, 0.6) is 0 Å². The van der Waals surface area contributed by atoms with Crippen LogP contribution < -0.4 is 0 Å². The molecule has 0 aliphatic carbocycles. The molecule has 19 heavy (non-hydrogen) atoms. The lowest BCUT2D eigenvalue weighted by atomic mass is 10.3. The summed E-state index contributed by atoms with van der Waals surface area (Å²) in [6.45, 7) is 0. The lowest BCUT2D eigenvalue weighted by Gasteiger charge is -1.90. The van der Waals surface area contributed by atoms with E-state index in [9.17, 15) is 0 Å². The van der Waals surface area contributed by atoms with E-state index < -0.39 is 0 Å². The summed E-state index contributed by atoms with van der Waals surface area (Å²) in [5.41, 5.74) is 1.48. The van der Waals surface area contributed by atoms with E-state index >= 15 is 0 Å². The van der Waals surface area contributed by atoms with Crippen molar-refractivity contribution in [3.63, 3.8) is 0 Å². The van der Waals surface area contributed by atoms with Crippen LogP contribution in [0.1, 0.15) is 0 Å². The molecule has 0 saturated heterocycles. The van der Waals surface area contributed by atoms with Crippen molar-refractivity contribution >= 4 is 54.8 Å². The third-order valence-electron chi connectivity index (χ3n) is 2.71. The number of pyridine rings is 1. The molecule has 4 heterocycles. The highest BCUT2D eigenvalue weighted by atomic mass is 79.9. The Morgan fingerprint density at radius 2 is 2.26 bits per heavy atom. The highest BCUT2D eigenvalue weighted by Crippen LogP contribution is 2.32. The molecule has 0 aliphatic rings. The summed E-state index contributed by atoms with van der Waals surface area (Å²) in [6.07, 6.45) is 3.34. The van der Waals surface area contributed by atoms with Crippen molar-refractivity contribution in [1.82, 2.24) is 19.6 Å². The van der Waals surface area contributed by atoms with Crippen LogP contribution >= 0.6 is 38.9 Å². The van der Waals surface area contributed by atoms with Crippen molar-refractivity contribution in [1.29, 1.82) is 0 Å². The van der Waals surface area contributed by atoms with E-state index in [1.54, 1.807) is 23.0 Å². The largest absolute Gasteiger partial charge is 0.454 e. The summed E-state index contributed by atoms with van der Waals surface area (Å²) in [4.78, 5) is 9.12. The number of aromatic nitrogens is 4. The molecule has 4 aromatic heterocycles. The number of furan rings is 1. The number of imidazole rings is 1. The maximum Gasteiger partial charge on any atom is 0.213 e. The van der Waals surface area contributed by atoms with Crippen LogP contribution in [-0.4, -0.2) is 19.6 Å². The number of hydrogen-bond donors (Lipinski definition) is 0. The Balaban J connectivity index is 2.01. The zero-order chi connectivity index (χ0) is 13.0. The van der Waals surface area contributed by atoms with Gasteiger partial charge in [-0.1, -0.05) is 22.9 Å². The van der Waals surface area contributed by atoms with Gasteiger partial charge in [-0.3, -0.25) is 0 Å². The fraction of sp³-hybridized carbons (Fsp3) is 0. The Morgan fingerprint density at radius 1 is 1.37 bits per heavy atom. The minimum Gasteiger partial charge on any atom is -0.454 e. The molecule has 0 unspecified atom stereocenters. The second-order valence-corrected chi connectivity index (χ2v) is 6.41. The average molecular weight is 356 g/mol. The number of rotatable bonds is 1. The van der Waals surface area contributed by atoms with Gasteiger partial charge in [-0.05, 0) is 28.1 Å². The molecule has 0 bridgehead atoms.